The van der Waals surface area contributed by atoms with Gasteiger partial charge in [-0.2, -0.15) is 0 Å². The Morgan fingerprint density at radius 3 is 0.895 bits per heavy atom. The number of benzene rings is 6. The minimum atomic E-state index is 0.116. The summed E-state index contributed by atoms with van der Waals surface area (Å²) in [6.45, 7) is 0. The minimum Gasteiger partial charge on any atom is -0.507 e. The summed E-state index contributed by atoms with van der Waals surface area (Å²) in [6.07, 6.45) is 0. The van der Waals surface area contributed by atoms with Gasteiger partial charge in [-0.3, -0.25) is 0 Å². The van der Waals surface area contributed by atoms with Crippen molar-refractivity contribution < 1.29 is 10.2 Å². The Hall–Kier alpha value is -5.08. The van der Waals surface area contributed by atoms with Gasteiger partial charge in [0.2, 0.25) is 0 Å². The molecule has 0 aromatic heterocycles. The van der Waals surface area contributed by atoms with Crippen molar-refractivity contribution in [3.05, 3.63) is 146 Å². The smallest absolute Gasteiger partial charge is 0.124 e. The van der Waals surface area contributed by atoms with Crippen LogP contribution in [0.25, 0.3) is 55.6 Å². The third-order valence-electron chi connectivity index (χ3n) is 6.87. The summed E-state index contributed by atoms with van der Waals surface area (Å²) in [5, 5.41) is 23.2. The van der Waals surface area contributed by atoms with Gasteiger partial charge in [-0.1, -0.05) is 121 Å². The molecule has 0 aliphatic heterocycles. The molecule has 0 bridgehead atoms. The van der Waals surface area contributed by atoms with Crippen molar-refractivity contribution in [1.29, 1.82) is 0 Å². The summed E-state index contributed by atoms with van der Waals surface area (Å²) in [6, 6.07) is 47.9. The van der Waals surface area contributed by atoms with E-state index in [1.807, 2.05) is 121 Å². The Kier molecular flexibility index (Phi) is 6.21. The van der Waals surface area contributed by atoms with E-state index in [1.54, 1.807) is 12.1 Å². The Labute approximate surface area is 222 Å². The number of phenols is 2. The summed E-state index contributed by atoms with van der Waals surface area (Å²) in [7, 11) is 0. The molecule has 0 aliphatic carbocycles. The predicted molar refractivity (Wildman–Crippen MR) is 157 cm³/mol. The van der Waals surface area contributed by atoms with Crippen LogP contribution in [0.5, 0.6) is 11.5 Å². The van der Waals surface area contributed by atoms with E-state index in [-0.39, 0.29) is 11.5 Å². The largest absolute Gasteiger partial charge is 0.507 e. The average Bonchev–Trinajstić information content (AvgIpc) is 2.98. The molecule has 0 radical (unpaired) electrons. The van der Waals surface area contributed by atoms with Gasteiger partial charge in [-0.05, 0) is 68.8 Å². The van der Waals surface area contributed by atoms with Crippen LogP contribution in [0.1, 0.15) is 0 Å². The van der Waals surface area contributed by atoms with Crippen molar-refractivity contribution in [3.8, 4) is 67.1 Å². The van der Waals surface area contributed by atoms with Crippen LogP contribution < -0.4 is 0 Å². The molecule has 6 aromatic rings. The highest BCUT2D eigenvalue weighted by molar-refractivity contribution is 6.00. The van der Waals surface area contributed by atoms with Gasteiger partial charge in [-0.15, -0.1) is 0 Å². The van der Waals surface area contributed by atoms with Gasteiger partial charge in [0.1, 0.15) is 11.5 Å². The number of hydrogen-bond acceptors (Lipinski definition) is 2. The first-order chi connectivity index (χ1) is 18.7. The highest BCUT2D eigenvalue weighted by atomic mass is 16.3. The minimum absolute atomic E-state index is 0.116. The Morgan fingerprint density at radius 2 is 0.579 bits per heavy atom. The molecule has 2 N–H and O–H groups in total. The van der Waals surface area contributed by atoms with E-state index in [9.17, 15) is 10.2 Å². The fraction of sp³-hybridized carbons (Fsp3) is 0. The summed E-state index contributed by atoms with van der Waals surface area (Å²) in [4.78, 5) is 0. The van der Waals surface area contributed by atoms with Crippen LogP contribution in [0.3, 0.4) is 0 Å². The van der Waals surface area contributed by atoms with E-state index in [0.29, 0.717) is 11.1 Å². The summed E-state index contributed by atoms with van der Waals surface area (Å²) >= 11 is 0. The standard InChI is InChI=1S/C36H26O2/c37-33-23-29(25-13-5-1-6-14-25)21-31(27-17-9-3-10-18-27)35(33)36-32(28-19-11-4-12-20-28)22-30(24-34(36)38)26-15-7-2-8-16-26/h1-24,37-38H. The molecule has 0 fully saturated rings. The second-order valence-corrected chi connectivity index (χ2v) is 9.30. The fourth-order valence-electron chi connectivity index (χ4n) is 5.06. The molecule has 2 nitrogen and oxygen atoms in total. The maximum Gasteiger partial charge on any atom is 0.124 e. The summed E-state index contributed by atoms with van der Waals surface area (Å²) in [5.41, 5.74) is 8.67. The van der Waals surface area contributed by atoms with E-state index in [4.69, 9.17) is 0 Å². The molecule has 0 atom stereocenters. The fourth-order valence-corrected chi connectivity index (χ4v) is 5.06. The molecule has 2 heteroatoms. The normalized spacial score (nSPS) is 10.8. The number of rotatable bonds is 5. The van der Waals surface area contributed by atoms with Crippen molar-refractivity contribution >= 4 is 0 Å². The molecule has 0 amide bonds. The van der Waals surface area contributed by atoms with Crippen LogP contribution >= 0.6 is 0 Å². The lowest BCUT2D eigenvalue weighted by Gasteiger charge is -2.20. The molecular weight excluding hydrogens is 464 g/mol. The average molecular weight is 491 g/mol. The van der Waals surface area contributed by atoms with E-state index in [1.165, 1.54) is 0 Å². The molecule has 0 heterocycles. The number of aromatic hydroxyl groups is 2. The van der Waals surface area contributed by atoms with Crippen molar-refractivity contribution in [1.82, 2.24) is 0 Å². The zero-order valence-electron chi connectivity index (χ0n) is 20.8. The first kappa shape index (κ1) is 23.3. The second-order valence-electron chi connectivity index (χ2n) is 9.30. The lowest BCUT2D eigenvalue weighted by molar-refractivity contribution is 0.469. The molecule has 0 saturated heterocycles. The number of hydrogen-bond donors (Lipinski definition) is 2. The third-order valence-corrected chi connectivity index (χ3v) is 6.87. The van der Waals surface area contributed by atoms with Crippen LogP contribution in [0, 0.1) is 0 Å². The highest BCUT2D eigenvalue weighted by Gasteiger charge is 2.22. The van der Waals surface area contributed by atoms with Crippen LogP contribution in [0.4, 0.5) is 0 Å². The van der Waals surface area contributed by atoms with Crippen LogP contribution in [0.2, 0.25) is 0 Å². The first-order valence-electron chi connectivity index (χ1n) is 12.6. The second kappa shape index (κ2) is 10.1. The molecule has 38 heavy (non-hydrogen) atoms. The topological polar surface area (TPSA) is 40.5 Å². The lowest BCUT2D eigenvalue weighted by atomic mass is 9.85. The first-order valence-corrected chi connectivity index (χ1v) is 12.6. The maximum absolute atomic E-state index is 11.6. The molecule has 6 aromatic carbocycles. The highest BCUT2D eigenvalue weighted by Crippen LogP contribution is 2.50. The van der Waals surface area contributed by atoms with Crippen molar-refractivity contribution in [2.45, 2.75) is 0 Å². The molecule has 0 aliphatic rings. The number of phenolic OH excluding ortho intramolecular Hbond substituents is 2. The monoisotopic (exact) mass is 490 g/mol. The van der Waals surface area contributed by atoms with Crippen LogP contribution in [0.15, 0.2) is 146 Å². The molecule has 0 saturated carbocycles. The molecule has 6 rings (SSSR count). The van der Waals surface area contributed by atoms with Crippen molar-refractivity contribution in [2.75, 3.05) is 0 Å². The van der Waals surface area contributed by atoms with E-state index in [0.717, 1.165) is 44.5 Å². The molecule has 182 valence electrons. The van der Waals surface area contributed by atoms with Gasteiger partial charge < -0.3 is 10.2 Å². The van der Waals surface area contributed by atoms with Crippen molar-refractivity contribution in [3.63, 3.8) is 0 Å². The van der Waals surface area contributed by atoms with E-state index < -0.39 is 0 Å². The molecular formula is C36H26O2. The SMILES string of the molecule is Oc1cc(-c2ccccc2)cc(-c2ccccc2)c1-c1c(O)cc(-c2ccccc2)cc1-c1ccccc1. The van der Waals surface area contributed by atoms with Gasteiger partial charge >= 0.3 is 0 Å². The summed E-state index contributed by atoms with van der Waals surface area (Å²) < 4.78 is 0. The van der Waals surface area contributed by atoms with Gasteiger partial charge in [-0.25, -0.2) is 0 Å². The summed E-state index contributed by atoms with van der Waals surface area (Å²) in [5.74, 6) is 0.232. The Bertz CT molecular complexity index is 1560. The maximum atomic E-state index is 11.6. The van der Waals surface area contributed by atoms with Gasteiger partial charge in [0.15, 0.2) is 0 Å². The third kappa shape index (κ3) is 4.44. The Balaban J connectivity index is 1.67. The van der Waals surface area contributed by atoms with Gasteiger partial charge in [0.25, 0.3) is 0 Å². The zero-order chi connectivity index (χ0) is 25.9. The molecule has 0 spiro atoms. The molecule has 0 unspecified atom stereocenters. The zero-order valence-corrected chi connectivity index (χ0v) is 20.8. The van der Waals surface area contributed by atoms with Crippen LogP contribution in [-0.4, -0.2) is 10.2 Å². The van der Waals surface area contributed by atoms with Crippen LogP contribution in [-0.2, 0) is 0 Å². The quantitative estimate of drug-likeness (QED) is 0.253. The van der Waals surface area contributed by atoms with Gasteiger partial charge in [0, 0.05) is 11.1 Å². The van der Waals surface area contributed by atoms with E-state index in [2.05, 4.69) is 12.1 Å². The predicted octanol–water partition coefficient (Wildman–Crippen LogP) is 9.43. The van der Waals surface area contributed by atoms with Gasteiger partial charge in [0.05, 0.1) is 0 Å². The lowest BCUT2D eigenvalue weighted by Crippen LogP contribution is -1.94. The van der Waals surface area contributed by atoms with Crippen molar-refractivity contribution in [2.24, 2.45) is 0 Å². The Morgan fingerprint density at radius 1 is 0.289 bits per heavy atom. The van der Waals surface area contributed by atoms with E-state index >= 15 is 0 Å².